The predicted molar refractivity (Wildman–Crippen MR) is 61.3 cm³/mol. The number of guanidine groups is 1. The highest BCUT2D eigenvalue weighted by atomic mass is 16.5. The highest BCUT2D eigenvalue weighted by molar-refractivity contribution is 6.09. The number of rotatable bonds is 2. The van der Waals surface area contributed by atoms with E-state index in [-0.39, 0.29) is 5.91 Å². The molecular formula is C11H19N3O2. The molecule has 2 aliphatic heterocycles. The molecule has 1 spiro atoms. The van der Waals surface area contributed by atoms with Crippen molar-refractivity contribution in [3.63, 3.8) is 0 Å². The van der Waals surface area contributed by atoms with E-state index in [1.807, 2.05) is 0 Å². The Morgan fingerprint density at radius 3 is 3.12 bits per heavy atom. The summed E-state index contributed by atoms with van der Waals surface area (Å²) in [6, 6.07) is 0. The van der Waals surface area contributed by atoms with Crippen molar-refractivity contribution in [2.75, 3.05) is 19.8 Å². The van der Waals surface area contributed by atoms with Gasteiger partial charge in [-0.3, -0.25) is 15.1 Å². The maximum absolute atomic E-state index is 12.0. The number of carbonyl (C=O) groups is 1. The lowest BCUT2D eigenvalue weighted by atomic mass is 9.91. The quantitative estimate of drug-likeness (QED) is 0.715. The molecule has 90 valence electrons. The van der Waals surface area contributed by atoms with Crippen LogP contribution >= 0.6 is 0 Å². The van der Waals surface area contributed by atoms with Gasteiger partial charge in [-0.25, -0.2) is 0 Å². The molecule has 2 heterocycles. The molecule has 2 rings (SSSR count). The van der Waals surface area contributed by atoms with Crippen molar-refractivity contribution in [2.45, 2.75) is 38.1 Å². The van der Waals surface area contributed by atoms with E-state index in [9.17, 15) is 4.79 Å². The standard InChI is InChI=1S/C11H19N3O2/c1-2-6-12-10-13-9(15)11(14-10)4-3-7-16-8-5-11/h2-8H2,1H3,(H2,12,13,14,15). The van der Waals surface area contributed by atoms with Crippen LogP contribution in [-0.2, 0) is 9.53 Å². The van der Waals surface area contributed by atoms with Crippen LogP contribution in [0.25, 0.3) is 0 Å². The van der Waals surface area contributed by atoms with Crippen molar-refractivity contribution in [3.05, 3.63) is 0 Å². The molecule has 0 radical (unpaired) electrons. The van der Waals surface area contributed by atoms with Crippen LogP contribution in [0.5, 0.6) is 0 Å². The van der Waals surface area contributed by atoms with Gasteiger partial charge >= 0.3 is 0 Å². The number of aliphatic imine (C=N–C) groups is 1. The average molecular weight is 225 g/mol. The van der Waals surface area contributed by atoms with Gasteiger partial charge in [-0.1, -0.05) is 6.92 Å². The van der Waals surface area contributed by atoms with Crippen LogP contribution in [-0.4, -0.2) is 37.2 Å². The molecule has 0 aromatic heterocycles. The molecule has 0 saturated carbocycles. The third-order valence-electron chi connectivity index (χ3n) is 3.08. The Kier molecular flexibility index (Phi) is 3.43. The Labute approximate surface area is 95.6 Å². The summed E-state index contributed by atoms with van der Waals surface area (Å²) in [7, 11) is 0. The lowest BCUT2D eigenvalue weighted by Crippen LogP contribution is -2.47. The molecule has 0 aliphatic carbocycles. The summed E-state index contributed by atoms with van der Waals surface area (Å²) >= 11 is 0. The summed E-state index contributed by atoms with van der Waals surface area (Å²) in [6.45, 7) is 4.20. The van der Waals surface area contributed by atoms with E-state index < -0.39 is 5.54 Å². The van der Waals surface area contributed by atoms with Gasteiger partial charge in [0, 0.05) is 26.2 Å². The van der Waals surface area contributed by atoms with Crippen molar-refractivity contribution in [3.8, 4) is 0 Å². The minimum Gasteiger partial charge on any atom is -0.381 e. The summed E-state index contributed by atoms with van der Waals surface area (Å²) in [5, 5.41) is 6.06. The first-order chi connectivity index (χ1) is 7.77. The van der Waals surface area contributed by atoms with Gasteiger partial charge in [0.15, 0.2) is 5.96 Å². The molecule has 16 heavy (non-hydrogen) atoms. The zero-order valence-electron chi connectivity index (χ0n) is 9.71. The third-order valence-corrected chi connectivity index (χ3v) is 3.08. The Morgan fingerprint density at radius 2 is 2.31 bits per heavy atom. The summed E-state index contributed by atoms with van der Waals surface area (Å²) < 4.78 is 5.39. The molecule has 2 aliphatic rings. The number of ether oxygens (including phenoxy) is 1. The zero-order chi connectivity index (χ0) is 11.4. The summed E-state index contributed by atoms with van der Waals surface area (Å²) in [4.78, 5) is 16.3. The number of amides is 1. The molecule has 5 nitrogen and oxygen atoms in total. The molecule has 1 unspecified atom stereocenters. The fraction of sp³-hybridized carbons (Fsp3) is 0.818. The van der Waals surface area contributed by atoms with Crippen LogP contribution < -0.4 is 10.6 Å². The minimum absolute atomic E-state index is 0.0489. The van der Waals surface area contributed by atoms with Gasteiger partial charge in [0.1, 0.15) is 5.54 Å². The molecule has 1 amide bonds. The molecular weight excluding hydrogens is 206 g/mol. The second kappa shape index (κ2) is 4.82. The Morgan fingerprint density at radius 1 is 1.44 bits per heavy atom. The van der Waals surface area contributed by atoms with Crippen molar-refractivity contribution in [2.24, 2.45) is 4.99 Å². The topological polar surface area (TPSA) is 62.7 Å². The first-order valence-corrected chi connectivity index (χ1v) is 5.99. The van der Waals surface area contributed by atoms with E-state index in [0.717, 1.165) is 38.8 Å². The van der Waals surface area contributed by atoms with E-state index in [0.29, 0.717) is 12.6 Å². The van der Waals surface area contributed by atoms with Crippen molar-refractivity contribution >= 4 is 11.9 Å². The first-order valence-electron chi connectivity index (χ1n) is 5.99. The average Bonchev–Trinajstić information content (AvgIpc) is 2.47. The largest absolute Gasteiger partial charge is 0.381 e. The van der Waals surface area contributed by atoms with Gasteiger partial charge in [0.05, 0.1) is 0 Å². The summed E-state index contributed by atoms with van der Waals surface area (Å²) in [5.41, 5.74) is -0.469. The van der Waals surface area contributed by atoms with Crippen LogP contribution in [0, 0.1) is 0 Å². The van der Waals surface area contributed by atoms with Gasteiger partial charge in [-0.15, -0.1) is 0 Å². The number of nitrogens with one attached hydrogen (secondary N) is 2. The first kappa shape index (κ1) is 11.4. The highest BCUT2D eigenvalue weighted by Crippen LogP contribution is 2.24. The van der Waals surface area contributed by atoms with Gasteiger partial charge in [0.2, 0.25) is 0 Å². The molecule has 0 aromatic carbocycles. The normalized spacial score (nSPS) is 32.6. The molecule has 2 N–H and O–H groups in total. The fourth-order valence-corrected chi connectivity index (χ4v) is 2.15. The van der Waals surface area contributed by atoms with E-state index in [4.69, 9.17) is 4.74 Å². The lowest BCUT2D eigenvalue weighted by molar-refractivity contribution is -0.124. The van der Waals surface area contributed by atoms with Crippen molar-refractivity contribution < 1.29 is 9.53 Å². The minimum atomic E-state index is -0.469. The second-order valence-corrected chi connectivity index (χ2v) is 4.36. The number of hydrogen-bond acceptors (Lipinski definition) is 3. The van der Waals surface area contributed by atoms with E-state index >= 15 is 0 Å². The monoisotopic (exact) mass is 225 g/mol. The van der Waals surface area contributed by atoms with Crippen LogP contribution in [0.4, 0.5) is 0 Å². The number of hydrogen-bond donors (Lipinski definition) is 2. The van der Waals surface area contributed by atoms with Gasteiger partial charge in [-0.05, 0) is 19.3 Å². The summed E-state index contributed by atoms with van der Waals surface area (Å²) in [5.74, 6) is 0.682. The number of nitrogens with zero attached hydrogens (tertiary/aromatic N) is 1. The maximum Gasteiger partial charge on any atom is 0.252 e. The predicted octanol–water partition coefficient (Wildman–Crippen LogP) is 0.411. The summed E-state index contributed by atoms with van der Waals surface area (Å²) in [6.07, 6.45) is 3.45. The molecule has 1 atom stereocenters. The Balaban J connectivity index is 2.07. The molecule has 2 fully saturated rings. The van der Waals surface area contributed by atoms with Crippen LogP contribution in [0.2, 0.25) is 0 Å². The van der Waals surface area contributed by atoms with Crippen LogP contribution in [0.15, 0.2) is 4.99 Å². The van der Waals surface area contributed by atoms with Gasteiger partial charge in [-0.2, -0.15) is 0 Å². The molecule has 0 aromatic rings. The lowest BCUT2D eigenvalue weighted by Gasteiger charge is -2.23. The smallest absolute Gasteiger partial charge is 0.252 e. The van der Waals surface area contributed by atoms with Crippen LogP contribution in [0.1, 0.15) is 32.6 Å². The molecule has 5 heteroatoms. The second-order valence-electron chi connectivity index (χ2n) is 4.36. The molecule has 0 bridgehead atoms. The van der Waals surface area contributed by atoms with E-state index in [1.165, 1.54) is 0 Å². The SMILES string of the molecule is CCCN=C1NC(=O)C2(CCCOCC2)N1. The zero-order valence-corrected chi connectivity index (χ0v) is 9.71. The van der Waals surface area contributed by atoms with Crippen LogP contribution in [0.3, 0.4) is 0 Å². The van der Waals surface area contributed by atoms with E-state index in [2.05, 4.69) is 22.5 Å². The van der Waals surface area contributed by atoms with Gasteiger partial charge < -0.3 is 10.1 Å². The highest BCUT2D eigenvalue weighted by Gasteiger charge is 2.44. The van der Waals surface area contributed by atoms with Crippen molar-refractivity contribution in [1.29, 1.82) is 0 Å². The fourth-order valence-electron chi connectivity index (χ4n) is 2.15. The molecule has 2 saturated heterocycles. The van der Waals surface area contributed by atoms with Gasteiger partial charge in [0.25, 0.3) is 5.91 Å². The number of carbonyl (C=O) groups excluding carboxylic acids is 1. The third kappa shape index (κ3) is 2.19. The van der Waals surface area contributed by atoms with E-state index in [1.54, 1.807) is 0 Å². The Bertz CT molecular complexity index is 294. The Hall–Kier alpha value is -1.10. The maximum atomic E-state index is 12.0. The van der Waals surface area contributed by atoms with Crippen molar-refractivity contribution in [1.82, 2.24) is 10.6 Å².